The summed E-state index contributed by atoms with van der Waals surface area (Å²) in [5, 5.41) is 3.18. The van der Waals surface area contributed by atoms with E-state index in [9.17, 15) is 4.79 Å². The number of amides is 1. The molecule has 1 aromatic heterocycles. The minimum Gasteiger partial charge on any atom is -0.352 e. The fourth-order valence-electron chi connectivity index (χ4n) is 4.74. The zero-order chi connectivity index (χ0) is 17.8. The smallest absolute Gasteiger partial charge is 0.253 e. The second-order valence-electron chi connectivity index (χ2n) is 8.24. The van der Waals surface area contributed by atoms with Gasteiger partial charge in [0.05, 0.1) is 5.56 Å². The molecule has 1 amide bonds. The highest BCUT2D eigenvalue weighted by atomic mass is 16.1. The lowest BCUT2D eigenvalue weighted by Crippen LogP contribution is -2.32. The molecule has 1 aliphatic carbocycles. The summed E-state index contributed by atoms with van der Waals surface area (Å²) in [4.78, 5) is 15.1. The van der Waals surface area contributed by atoms with Crippen molar-refractivity contribution in [1.82, 2.24) is 14.8 Å². The summed E-state index contributed by atoms with van der Waals surface area (Å²) in [5.41, 5.74) is 3.28. The van der Waals surface area contributed by atoms with Crippen LogP contribution in [0.3, 0.4) is 0 Å². The summed E-state index contributed by atoms with van der Waals surface area (Å²) in [5.74, 6) is 0.884. The number of hydrogen-bond donors (Lipinski definition) is 1. The maximum Gasteiger partial charge on any atom is 0.253 e. The van der Waals surface area contributed by atoms with Gasteiger partial charge in [-0.1, -0.05) is 19.3 Å². The van der Waals surface area contributed by atoms with Gasteiger partial charge < -0.3 is 14.8 Å². The van der Waals surface area contributed by atoms with Crippen LogP contribution in [0, 0.1) is 19.8 Å². The van der Waals surface area contributed by atoms with Crippen molar-refractivity contribution in [3.05, 3.63) is 23.0 Å². The summed E-state index contributed by atoms with van der Waals surface area (Å²) in [7, 11) is 2.19. The summed E-state index contributed by atoms with van der Waals surface area (Å²) in [6, 6.07) is 2.68. The molecule has 140 valence electrons. The summed E-state index contributed by atoms with van der Waals surface area (Å²) in [6.45, 7) is 7.47. The van der Waals surface area contributed by atoms with Crippen LogP contribution in [0.2, 0.25) is 0 Å². The molecule has 2 heterocycles. The molecule has 1 aromatic rings. The Kier molecular flexibility index (Phi) is 6.21. The molecular formula is C21H35N3O. The molecule has 2 aliphatic rings. The summed E-state index contributed by atoms with van der Waals surface area (Å²) in [6.07, 6.45) is 10.2. The molecule has 0 unspecified atom stereocenters. The molecule has 0 bridgehead atoms. The molecule has 2 fully saturated rings. The molecule has 0 aromatic carbocycles. The lowest BCUT2D eigenvalue weighted by molar-refractivity contribution is 0.0948. The maximum absolute atomic E-state index is 12.7. The van der Waals surface area contributed by atoms with Crippen molar-refractivity contribution in [2.45, 2.75) is 71.3 Å². The van der Waals surface area contributed by atoms with Crippen molar-refractivity contribution in [3.8, 4) is 0 Å². The first kappa shape index (κ1) is 18.5. The molecule has 1 aliphatic heterocycles. The van der Waals surface area contributed by atoms with Crippen LogP contribution in [0.15, 0.2) is 6.07 Å². The van der Waals surface area contributed by atoms with Gasteiger partial charge in [-0.05, 0) is 78.1 Å². The molecule has 25 heavy (non-hydrogen) atoms. The van der Waals surface area contributed by atoms with E-state index in [4.69, 9.17) is 0 Å². The second kappa shape index (κ2) is 8.39. The maximum atomic E-state index is 12.7. The highest BCUT2D eigenvalue weighted by Crippen LogP contribution is 2.32. The van der Waals surface area contributed by atoms with Crippen molar-refractivity contribution in [2.75, 3.05) is 26.7 Å². The van der Waals surface area contributed by atoms with Crippen LogP contribution >= 0.6 is 0 Å². The number of nitrogens with one attached hydrogen (secondary N) is 1. The molecule has 1 saturated heterocycles. The van der Waals surface area contributed by atoms with Crippen LogP contribution in [0.25, 0.3) is 0 Å². The van der Waals surface area contributed by atoms with E-state index < -0.39 is 0 Å². The normalized spacial score (nSPS) is 20.8. The number of aromatic nitrogens is 1. The third kappa shape index (κ3) is 4.46. The molecule has 1 saturated carbocycles. The van der Waals surface area contributed by atoms with Gasteiger partial charge in [0.15, 0.2) is 0 Å². The van der Waals surface area contributed by atoms with Gasteiger partial charge in [0, 0.05) is 24.0 Å². The van der Waals surface area contributed by atoms with Crippen molar-refractivity contribution < 1.29 is 4.79 Å². The van der Waals surface area contributed by atoms with E-state index in [0.29, 0.717) is 6.04 Å². The fourth-order valence-corrected chi connectivity index (χ4v) is 4.74. The number of likely N-dealkylation sites (tertiary alicyclic amines) is 1. The van der Waals surface area contributed by atoms with Crippen LogP contribution in [0.5, 0.6) is 0 Å². The summed E-state index contributed by atoms with van der Waals surface area (Å²) >= 11 is 0. The lowest BCUT2D eigenvalue weighted by atomic mass is 9.94. The molecule has 0 atom stereocenters. The van der Waals surface area contributed by atoms with Gasteiger partial charge in [-0.3, -0.25) is 4.79 Å². The number of carbonyl (C=O) groups excluding carboxylic acids is 1. The number of hydrogen-bond acceptors (Lipinski definition) is 2. The highest BCUT2D eigenvalue weighted by molar-refractivity contribution is 5.95. The van der Waals surface area contributed by atoms with E-state index in [-0.39, 0.29) is 5.91 Å². The van der Waals surface area contributed by atoms with Gasteiger partial charge in [-0.25, -0.2) is 0 Å². The van der Waals surface area contributed by atoms with E-state index in [2.05, 4.69) is 41.7 Å². The zero-order valence-electron chi connectivity index (χ0n) is 16.3. The van der Waals surface area contributed by atoms with Crippen LogP contribution in [0.1, 0.15) is 79.2 Å². The number of piperidine rings is 1. The molecule has 0 spiro atoms. The van der Waals surface area contributed by atoms with Gasteiger partial charge in [0.1, 0.15) is 0 Å². The molecule has 0 radical (unpaired) electrons. The molecule has 4 nitrogen and oxygen atoms in total. The molecule has 1 N–H and O–H groups in total. The number of aryl methyl sites for hydroxylation is 1. The Morgan fingerprint density at radius 1 is 1.12 bits per heavy atom. The van der Waals surface area contributed by atoms with E-state index in [0.717, 1.165) is 30.1 Å². The molecule has 3 rings (SSSR count). The van der Waals surface area contributed by atoms with E-state index in [1.54, 1.807) is 0 Å². The largest absolute Gasteiger partial charge is 0.352 e. The Morgan fingerprint density at radius 2 is 1.80 bits per heavy atom. The summed E-state index contributed by atoms with van der Waals surface area (Å²) < 4.78 is 2.42. The fraction of sp³-hybridized carbons (Fsp3) is 0.762. The molecule has 4 heteroatoms. The average Bonchev–Trinajstić information content (AvgIpc) is 2.92. The van der Waals surface area contributed by atoms with Gasteiger partial charge in [0.25, 0.3) is 5.91 Å². The highest BCUT2D eigenvalue weighted by Gasteiger charge is 2.23. The van der Waals surface area contributed by atoms with Crippen molar-refractivity contribution in [1.29, 1.82) is 0 Å². The Morgan fingerprint density at radius 3 is 2.48 bits per heavy atom. The monoisotopic (exact) mass is 345 g/mol. The van der Waals surface area contributed by atoms with Crippen molar-refractivity contribution >= 4 is 5.91 Å². The number of rotatable bonds is 5. The predicted octanol–water partition coefficient (Wildman–Crippen LogP) is 4.07. The quantitative estimate of drug-likeness (QED) is 0.873. The third-order valence-electron chi connectivity index (χ3n) is 6.35. The van der Waals surface area contributed by atoms with Crippen molar-refractivity contribution in [2.24, 2.45) is 5.92 Å². The lowest BCUT2D eigenvalue weighted by Gasteiger charge is -2.28. The van der Waals surface area contributed by atoms with E-state index >= 15 is 0 Å². The Bertz CT molecular complexity index is 578. The van der Waals surface area contributed by atoms with Crippen LogP contribution in [-0.4, -0.2) is 42.1 Å². The number of nitrogens with zero attached hydrogens (tertiary/aromatic N) is 2. The van der Waals surface area contributed by atoms with Gasteiger partial charge in [0.2, 0.25) is 0 Å². The van der Waals surface area contributed by atoms with Gasteiger partial charge >= 0.3 is 0 Å². The first-order valence-corrected chi connectivity index (χ1v) is 10.2. The van der Waals surface area contributed by atoms with Crippen LogP contribution in [0.4, 0.5) is 0 Å². The topological polar surface area (TPSA) is 37.3 Å². The van der Waals surface area contributed by atoms with Crippen LogP contribution in [-0.2, 0) is 0 Å². The average molecular weight is 346 g/mol. The predicted molar refractivity (Wildman–Crippen MR) is 103 cm³/mol. The second-order valence-corrected chi connectivity index (χ2v) is 8.24. The first-order valence-electron chi connectivity index (χ1n) is 10.2. The number of carbonyl (C=O) groups is 1. The van der Waals surface area contributed by atoms with Gasteiger partial charge in [-0.15, -0.1) is 0 Å². The van der Waals surface area contributed by atoms with Gasteiger partial charge in [-0.2, -0.15) is 0 Å². The Hall–Kier alpha value is -1.29. The standard InChI is InChI=1S/C21H35N3O/c1-16-15-20(17(2)24(16)19-7-5-4-6-8-19)21(25)22-12-9-18-10-13-23(3)14-11-18/h15,18-19H,4-14H2,1-3H3,(H,22,25). The minimum atomic E-state index is 0.114. The Balaban J connectivity index is 1.55. The minimum absolute atomic E-state index is 0.114. The van der Waals surface area contributed by atoms with Crippen molar-refractivity contribution in [3.63, 3.8) is 0 Å². The van der Waals surface area contributed by atoms with Crippen LogP contribution < -0.4 is 5.32 Å². The third-order valence-corrected chi connectivity index (χ3v) is 6.35. The first-order chi connectivity index (χ1) is 12.1. The SMILES string of the molecule is Cc1cc(C(=O)NCCC2CCN(C)CC2)c(C)n1C1CCCCC1. The molecular weight excluding hydrogens is 310 g/mol. The zero-order valence-corrected chi connectivity index (χ0v) is 16.3. The Labute approximate surface area is 153 Å². The van der Waals surface area contributed by atoms with E-state index in [1.807, 2.05) is 0 Å². The van der Waals surface area contributed by atoms with E-state index in [1.165, 1.54) is 63.7 Å².